The third-order valence-corrected chi connectivity index (χ3v) is 2.49. The number of aromatic amines is 1. The van der Waals surface area contributed by atoms with Crippen LogP contribution in [0.2, 0.25) is 0 Å². The topological polar surface area (TPSA) is 132 Å². The molecule has 1 aromatic carbocycles. The van der Waals surface area contributed by atoms with E-state index in [0.717, 1.165) is 17.5 Å². The lowest BCUT2D eigenvalue weighted by atomic mass is 10.1. The average molecular weight is 310 g/mol. The summed E-state index contributed by atoms with van der Waals surface area (Å²) in [5.74, 6) is 2.26. The van der Waals surface area contributed by atoms with Gasteiger partial charge in [0.25, 0.3) is 5.43 Å². The number of aliphatic imine (C=N–C) groups is 1. The Morgan fingerprint density at radius 1 is 1.09 bits per heavy atom. The molecular weight excluding hydrogens is 288 g/mol. The Bertz CT molecular complexity index is 651. The van der Waals surface area contributed by atoms with Crippen LogP contribution in [0.3, 0.4) is 0 Å². The minimum atomic E-state index is -0.762. The zero-order chi connectivity index (χ0) is 16.0. The molecule has 0 unspecified atom stereocenters. The first kappa shape index (κ1) is 19.4. The van der Waals surface area contributed by atoms with Crippen molar-refractivity contribution in [2.24, 2.45) is 4.99 Å². The number of H-pyrrole nitrogens is 1. The summed E-state index contributed by atoms with van der Waals surface area (Å²) in [6.45, 7) is 7.77. The molecule has 0 saturated heterocycles. The van der Waals surface area contributed by atoms with Crippen molar-refractivity contribution in [3.8, 4) is 5.75 Å². The summed E-state index contributed by atoms with van der Waals surface area (Å²) in [5.41, 5.74) is 4.48. The van der Waals surface area contributed by atoms with E-state index in [0.29, 0.717) is 6.67 Å². The Balaban J connectivity index is 0.000000297. The van der Waals surface area contributed by atoms with E-state index in [1.165, 1.54) is 6.92 Å². The molecule has 0 amide bonds. The van der Waals surface area contributed by atoms with Crippen molar-refractivity contribution in [1.29, 1.82) is 0 Å². The molecule has 0 radical (unpaired) electrons. The van der Waals surface area contributed by atoms with Crippen LogP contribution in [0.25, 0.3) is 0 Å². The highest BCUT2D eigenvalue weighted by atomic mass is 16.3. The van der Waals surface area contributed by atoms with Crippen LogP contribution in [-0.4, -0.2) is 32.8 Å². The van der Waals surface area contributed by atoms with Crippen molar-refractivity contribution in [3.63, 3.8) is 0 Å². The number of aromatic nitrogens is 3. The van der Waals surface area contributed by atoms with Crippen molar-refractivity contribution in [2.75, 3.05) is 6.67 Å². The Morgan fingerprint density at radius 2 is 1.73 bits per heavy atom. The third-order valence-electron chi connectivity index (χ3n) is 2.49. The smallest absolute Gasteiger partial charge is 0.267 e. The van der Waals surface area contributed by atoms with Crippen molar-refractivity contribution < 1.29 is 5.11 Å². The Hall–Kier alpha value is -2.55. The van der Waals surface area contributed by atoms with Gasteiger partial charge in [-0.1, -0.05) is 7.43 Å². The summed E-state index contributed by atoms with van der Waals surface area (Å²) in [4.78, 5) is 28.2. The predicted molar refractivity (Wildman–Crippen MR) is 84.6 cm³/mol. The van der Waals surface area contributed by atoms with Crippen LogP contribution >= 0.6 is 0 Å². The molecule has 1 aliphatic rings. The number of aryl methyl sites for hydroxylation is 2. The van der Waals surface area contributed by atoms with Crippen LogP contribution in [0.15, 0.2) is 14.6 Å². The second-order valence-electron chi connectivity index (χ2n) is 4.30. The van der Waals surface area contributed by atoms with Gasteiger partial charge >= 0.3 is 0 Å². The normalized spacial score (nSPS) is 12.1. The molecule has 1 aromatic heterocycles. The van der Waals surface area contributed by atoms with Gasteiger partial charge in [0.15, 0.2) is 5.75 Å². The lowest BCUT2D eigenvalue weighted by Crippen LogP contribution is -2.32. The third kappa shape index (κ3) is 5.44. The summed E-state index contributed by atoms with van der Waals surface area (Å²) in [7, 11) is 0. The molecule has 0 aliphatic carbocycles. The molecule has 2 heterocycles. The van der Waals surface area contributed by atoms with Crippen LogP contribution in [0, 0.1) is 20.8 Å². The summed E-state index contributed by atoms with van der Waals surface area (Å²) >= 11 is 0. The van der Waals surface area contributed by atoms with Crippen molar-refractivity contribution in [3.05, 3.63) is 37.7 Å². The van der Waals surface area contributed by atoms with Crippen molar-refractivity contribution >= 4 is 5.84 Å². The number of rotatable bonds is 0. The van der Waals surface area contributed by atoms with Gasteiger partial charge in [0, 0.05) is 5.56 Å². The van der Waals surface area contributed by atoms with E-state index in [9.17, 15) is 9.59 Å². The van der Waals surface area contributed by atoms with Crippen LogP contribution in [0.1, 0.15) is 31.6 Å². The van der Waals surface area contributed by atoms with E-state index >= 15 is 0 Å². The van der Waals surface area contributed by atoms with Gasteiger partial charge in [-0.3, -0.25) is 19.7 Å². The molecule has 3 rings (SSSR count). The molecule has 0 bridgehead atoms. The summed E-state index contributed by atoms with van der Waals surface area (Å²) in [6.07, 6.45) is 0. The molecule has 0 fully saturated rings. The number of nitrogens with one attached hydrogen (secondary N) is 3. The lowest BCUT2D eigenvalue weighted by Gasteiger charge is -1.94. The minimum absolute atomic E-state index is 0. The highest BCUT2D eigenvalue weighted by Gasteiger charge is 2.13. The Labute approximate surface area is 128 Å². The summed E-state index contributed by atoms with van der Waals surface area (Å²) in [5, 5.41) is 15.0. The monoisotopic (exact) mass is 310 g/mol. The largest absolute Gasteiger partial charge is 0.504 e. The first-order valence-electron chi connectivity index (χ1n) is 6.17. The maximum absolute atomic E-state index is 10.2. The van der Waals surface area contributed by atoms with Gasteiger partial charge in [0.1, 0.15) is 24.2 Å². The van der Waals surface area contributed by atoms with E-state index < -0.39 is 10.9 Å². The summed E-state index contributed by atoms with van der Waals surface area (Å²) < 4.78 is 0. The molecule has 0 saturated carbocycles. The fraction of sp³-hybridized carbons (Fsp3) is 0.462. The zero-order valence-electron chi connectivity index (χ0n) is 12.3. The number of aromatic hydroxyl groups is 1. The summed E-state index contributed by atoms with van der Waals surface area (Å²) in [6, 6.07) is 0. The highest BCUT2D eigenvalue weighted by molar-refractivity contribution is 5.79. The number of hydrogen-bond acceptors (Lipinski definition) is 8. The number of hydrogen-bond donors (Lipinski definition) is 4. The Morgan fingerprint density at radius 3 is 1.86 bits per heavy atom. The average Bonchev–Trinajstić information content (AvgIpc) is 3.09. The molecule has 9 heteroatoms. The number of nitrogens with zero attached hydrogens (tertiary/aromatic N) is 3. The molecule has 0 spiro atoms. The van der Waals surface area contributed by atoms with Gasteiger partial charge in [0.05, 0.1) is 0 Å². The second-order valence-corrected chi connectivity index (χ2v) is 4.30. The van der Waals surface area contributed by atoms with Crippen molar-refractivity contribution in [1.82, 2.24) is 26.0 Å². The predicted octanol–water partition coefficient (Wildman–Crippen LogP) is -0.176. The highest BCUT2D eigenvalue weighted by Crippen LogP contribution is 2.03. The van der Waals surface area contributed by atoms with Gasteiger partial charge in [0.2, 0.25) is 5.43 Å². The zero-order valence-corrected chi connectivity index (χ0v) is 12.3. The van der Waals surface area contributed by atoms with E-state index in [1.807, 2.05) is 20.8 Å². The van der Waals surface area contributed by atoms with Gasteiger partial charge in [-0.2, -0.15) is 5.10 Å². The number of hydrazine groups is 1. The molecule has 0 atom stereocenters. The van der Waals surface area contributed by atoms with E-state index in [1.54, 1.807) is 0 Å². The Kier molecular flexibility index (Phi) is 7.67. The van der Waals surface area contributed by atoms with Gasteiger partial charge < -0.3 is 10.5 Å². The van der Waals surface area contributed by atoms with E-state index in [2.05, 4.69) is 31.0 Å². The van der Waals surface area contributed by atoms with Crippen molar-refractivity contribution in [2.45, 2.75) is 35.1 Å². The first-order valence-corrected chi connectivity index (χ1v) is 6.17. The van der Waals surface area contributed by atoms with E-state index in [4.69, 9.17) is 5.11 Å². The molecule has 9 nitrogen and oxygen atoms in total. The quantitative estimate of drug-likeness (QED) is 0.496. The number of amidine groups is 1. The van der Waals surface area contributed by atoms with Crippen LogP contribution < -0.4 is 21.7 Å². The fourth-order valence-electron chi connectivity index (χ4n) is 1.31. The molecule has 2 aromatic rings. The molecular formula is C13H22N6O3. The second kappa shape index (κ2) is 8.67. The van der Waals surface area contributed by atoms with Crippen LogP contribution in [-0.2, 0) is 0 Å². The molecule has 122 valence electrons. The maximum atomic E-state index is 10.2. The van der Waals surface area contributed by atoms with Gasteiger partial charge in [-0.15, -0.1) is 0 Å². The SMILES string of the molecule is C.CC1=NCNN1.Cc1c(O)c(=O)c1=O.Cc1n[nH]c(C)n1. The molecule has 22 heavy (non-hydrogen) atoms. The maximum Gasteiger partial charge on any atom is 0.267 e. The van der Waals surface area contributed by atoms with Crippen LogP contribution in [0.5, 0.6) is 5.75 Å². The molecule has 1 aliphatic heterocycles. The fourth-order valence-corrected chi connectivity index (χ4v) is 1.31. The minimum Gasteiger partial charge on any atom is -0.504 e. The molecule has 4 N–H and O–H groups in total. The first-order chi connectivity index (χ1) is 9.82. The van der Waals surface area contributed by atoms with Crippen LogP contribution in [0.4, 0.5) is 0 Å². The van der Waals surface area contributed by atoms with Gasteiger partial charge in [-0.25, -0.2) is 10.4 Å². The standard InChI is InChI=1S/C5H4O3.C4H7N3.C3H7N3.CH4/c1-2-3(6)5(8)4(2)7;1-3-5-4(2)7-6-3;1-3-4-2-5-6-3;/h6H,1H3;1-2H3,(H,5,6,7);5H,2H2,1H3,(H,4,6);1H4. The lowest BCUT2D eigenvalue weighted by molar-refractivity contribution is 0.457. The van der Waals surface area contributed by atoms with Gasteiger partial charge in [-0.05, 0) is 27.7 Å². The van der Waals surface area contributed by atoms with E-state index in [-0.39, 0.29) is 18.7 Å².